The second-order valence-corrected chi connectivity index (χ2v) is 23.8. The largest absolute Gasteiger partial charge is 0.423 e. The van der Waals surface area contributed by atoms with Gasteiger partial charge in [0.25, 0.3) is 5.91 Å². The van der Waals surface area contributed by atoms with Gasteiger partial charge in [0, 0.05) is 81.6 Å². The minimum atomic E-state index is -0.597. The van der Waals surface area contributed by atoms with Crippen LogP contribution in [0.25, 0.3) is 101 Å². The van der Waals surface area contributed by atoms with Crippen LogP contribution in [0.15, 0.2) is 328 Å². The second-order valence-electron chi connectivity index (χ2n) is 23.8. The number of allylic oxidation sites excluding steroid dienone is 4. The third-order valence-corrected chi connectivity index (χ3v) is 17.1. The SMILES string of the molecule is C/C=C\C(=C(/C)c1ccc(-c2cc(-c3ccc(-c4ccccc4-c4cc(OC(=O)c5ccc(-c6ccccn6)cc5)cc(OC(=O)c5ccc(-c6ccccn6)cc5)c4)cc3)ncn2)cc1)c1cc(NC(=O)c2ccc(-c3ccccn3)cc2)cc(OC(=O)c2ccc(-c3ccccn3)cc2)c1. The van der Waals surface area contributed by atoms with Crippen molar-refractivity contribution in [2.24, 2.45) is 0 Å². The zero-order valence-electron chi connectivity index (χ0n) is 55.2. The highest BCUT2D eigenvalue weighted by atomic mass is 16.5. The van der Waals surface area contributed by atoms with E-state index in [1.54, 1.807) is 104 Å². The van der Waals surface area contributed by atoms with Crippen LogP contribution in [0.3, 0.4) is 0 Å². The molecule has 14 nitrogen and oxygen atoms in total. The molecule has 0 fully saturated rings. The van der Waals surface area contributed by atoms with Gasteiger partial charge < -0.3 is 19.5 Å². The quantitative estimate of drug-likeness (QED) is 0.0349. The molecule has 5 heterocycles. The monoisotopic (exact) mass is 1330 g/mol. The summed E-state index contributed by atoms with van der Waals surface area (Å²) in [5, 5.41) is 3.06. The summed E-state index contributed by atoms with van der Waals surface area (Å²) in [5.41, 5.74) is 18.0. The van der Waals surface area contributed by atoms with Gasteiger partial charge in [-0.25, -0.2) is 24.4 Å². The number of benzene rings is 9. The Kier molecular flexibility index (Phi) is 19.3. The van der Waals surface area contributed by atoms with Gasteiger partial charge in [-0.15, -0.1) is 0 Å². The number of hydrogen-bond acceptors (Lipinski definition) is 13. The summed E-state index contributed by atoms with van der Waals surface area (Å²) in [7, 11) is 0. The van der Waals surface area contributed by atoms with Gasteiger partial charge in [-0.05, 0) is 186 Å². The molecule has 102 heavy (non-hydrogen) atoms. The van der Waals surface area contributed by atoms with Crippen LogP contribution >= 0.6 is 0 Å². The number of pyridine rings is 4. The molecule has 14 rings (SSSR count). The van der Waals surface area contributed by atoms with E-state index in [9.17, 15) is 19.2 Å². The number of aromatic nitrogens is 6. The van der Waals surface area contributed by atoms with Crippen LogP contribution in [-0.2, 0) is 0 Å². The van der Waals surface area contributed by atoms with E-state index in [-0.39, 0.29) is 23.2 Å². The van der Waals surface area contributed by atoms with Crippen molar-refractivity contribution >= 4 is 40.6 Å². The molecule has 0 aliphatic carbocycles. The fourth-order valence-corrected chi connectivity index (χ4v) is 11.8. The molecule has 14 aromatic rings. The highest BCUT2D eigenvalue weighted by Gasteiger charge is 2.20. The first-order valence-corrected chi connectivity index (χ1v) is 32.8. The van der Waals surface area contributed by atoms with E-state index in [0.717, 1.165) is 89.6 Å². The lowest BCUT2D eigenvalue weighted by Crippen LogP contribution is -2.13. The number of carbonyl (C=O) groups excluding carboxylic acids is 4. The van der Waals surface area contributed by atoms with E-state index in [4.69, 9.17) is 24.2 Å². The van der Waals surface area contributed by atoms with Gasteiger partial charge in [-0.2, -0.15) is 0 Å². The summed E-state index contributed by atoms with van der Waals surface area (Å²) < 4.78 is 18.3. The van der Waals surface area contributed by atoms with Crippen molar-refractivity contribution in [3.8, 4) is 107 Å². The maximum atomic E-state index is 14.0. The maximum Gasteiger partial charge on any atom is 0.343 e. The van der Waals surface area contributed by atoms with Gasteiger partial charge in [-0.1, -0.05) is 158 Å². The molecule has 0 saturated carbocycles. The smallest absolute Gasteiger partial charge is 0.343 e. The summed E-state index contributed by atoms with van der Waals surface area (Å²) in [6, 6.07) is 87.4. The number of anilines is 1. The lowest BCUT2D eigenvalue weighted by molar-refractivity contribution is 0.0720. The second kappa shape index (κ2) is 30.2. The molecule has 0 bridgehead atoms. The predicted octanol–water partition coefficient (Wildman–Crippen LogP) is 19.8. The van der Waals surface area contributed by atoms with Crippen LogP contribution in [0.1, 0.15) is 66.4 Å². The molecule has 0 radical (unpaired) electrons. The zero-order valence-corrected chi connectivity index (χ0v) is 55.2. The number of esters is 3. The van der Waals surface area contributed by atoms with E-state index in [1.807, 2.05) is 232 Å². The molecule has 1 amide bonds. The first kappa shape index (κ1) is 65.3. The molecule has 0 aliphatic heterocycles. The topological polar surface area (TPSA) is 185 Å². The Morgan fingerprint density at radius 1 is 0.314 bits per heavy atom. The summed E-state index contributed by atoms with van der Waals surface area (Å²) in [6.45, 7) is 3.96. The number of amides is 1. The van der Waals surface area contributed by atoms with Crippen LogP contribution in [0.4, 0.5) is 5.69 Å². The number of carbonyl (C=O) groups is 4. The highest BCUT2D eigenvalue weighted by Crippen LogP contribution is 2.39. The van der Waals surface area contributed by atoms with Gasteiger partial charge >= 0.3 is 17.9 Å². The van der Waals surface area contributed by atoms with Gasteiger partial charge in [0.1, 0.15) is 23.6 Å². The van der Waals surface area contributed by atoms with Gasteiger partial charge in [0.05, 0.1) is 50.9 Å². The number of nitrogens with zero attached hydrogens (tertiary/aromatic N) is 6. The van der Waals surface area contributed by atoms with Gasteiger partial charge in [0.15, 0.2) is 0 Å². The van der Waals surface area contributed by atoms with Crippen molar-refractivity contribution in [1.29, 1.82) is 0 Å². The average Bonchev–Trinajstić information content (AvgIpc) is 0.793. The molecule has 490 valence electrons. The van der Waals surface area contributed by atoms with Crippen molar-refractivity contribution in [3.05, 3.63) is 362 Å². The first-order chi connectivity index (χ1) is 50.0. The lowest BCUT2D eigenvalue weighted by atomic mass is 9.93. The lowest BCUT2D eigenvalue weighted by Gasteiger charge is -2.15. The van der Waals surface area contributed by atoms with E-state index < -0.39 is 17.9 Å². The molecule has 1 N–H and O–H groups in total. The fourth-order valence-electron chi connectivity index (χ4n) is 11.8. The summed E-state index contributed by atoms with van der Waals surface area (Å²) in [5.74, 6) is -1.54. The molecule has 0 spiro atoms. The third kappa shape index (κ3) is 15.2. The molecular formula is C88H61N7O7. The van der Waals surface area contributed by atoms with Crippen LogP contribution in [-0.4, -0.2) is 53.7 Å². The molecule has 14 heteroatoms. The average molecular weight is 1330 g/mol. The Labute approximate surface area is 588 Å². The standard InChI is InChI=1S/C88H61N7O7/c1-3-14-76(70-49-72(95-85(96)66-37-29-60(30-38-66)79-17-6-10-45-89-79)53-73(50-70)100-86(97)67-39-31-61(32-40-67)80-18-7-11-46-90-80)57(2)58-21-25-64(26-22-58)83-55-84(94-56-93-83)65-27-23-59(24-28-65)77-15-4-5-16-78(77)71-51-74(101-87(98)68-41-33-62(34-42-68)81-19-8-12-47-91-81)54-75(52-71)102-88(99)69-43-35-63(36-44-69)82-20-9-13-48-92-82/h3-56H,1-2H3,(H,95,96)/b14-3-,76-57-. The first-order valence-electron chi connectivity index (χ1n) is 32.8. The van der Waals surface area contributed by atoms with Crippen molar-refractivity contribution in [2.75, 3.05) is 5.32 Å². The Balaban J connectivity index is 0.718. The van der Waals surface area contributed by atoms with Gasteiger partial charge in [-0.3, -0.25) is 24.7 Å². The summed E-state index contributed by atoms with van der Waals surface area (Å²) >= 11 is 0. The van der Waals surface area contributed by atoms with Crippen LogP contribution in [0.2, 0.25) is 0 Å². The van der Waals surface area contributed by atoms with Crippen molar-refractivity contribution in [1.82, 2.24) is 29.9 Å². The molecule has 9 aromatic carbocycles. The fraction of sp³-hybridized carbons (Fsp3) is 0.0227. The van der Waals surface area contributed by atoms with Crippen molar-refractivity contribution < 1.29 is 33.4 Å². The molecule has 0 atom stereocenters. The van der Waals surface area contributed by atoms with E-state index in [0.29, 0.717) is 50.5 Å². The Hall–Kier alpha value is -14.0. The molecule has 0 saturated heterocycles. The minimum absolute atomic E-state index is 0.172. The molecule has 5 aromatic heterocycles. The summed E-state index contributed by atoms with van der Waals surface area (Å²) in [6.07, 6.45) is 12.4. The number of ether oxygens (including phenoxy) is 3. The molecular weight excluding hydrogens is 1270 g/mol. The van der Waals surface area contributed by atoms with Crippen molar-refractivity contribution in [2.45, 2.75) is 13.8 Å². The highest BCUT2D eigenvalue weighted by molar-refractivity contribution is 6.06. The van der Waals surface area contributed by atoms with E-state index in [1.165, 1.54) is 6.07 Å². The normalized spacial score (nSPS) is 11.3. The maximum absolute atomic E-state index is 14.0. The Morgan fingerprint density at radius 3 is 1.07 bits per heavy atom. The molecule has 0 unspecified atom stereocenters. The van der Waals surface area contributed by atoms with E-state index in [2.05, 4.69) is 25.3 Å². The minimum Gasteiger partial charge on any atom is -0.423 e. The zero-order chi connectivity index (χ0) is 69.7. The van der Waals surface area contributed by atoms with Crippen LogP contribution < -0.4 is 19.5 Å². The number of rotatable bonds is 19. The van der Waals surface area contributed by atoms with Crippen LogP contribution in [0.5, 0.6) is 17.2 Å². The number of nitrogens with one attached hydrogen (secondary N) is 1. The summed E-state index contributed by atoms with van der Waals surface area (Å²) in [4.78, 5) is 82.8. The Bertz CT molecular complexity index is 5200. The van der Waals surface area contributed by atoms with Crippen LogP contribution in [0, 0.1) is 0 Å². The van der Waals surface area contributed by atoms with Crippen molar-refractivity contribution in [3.63, 3.8) is 0 Å². The Morgan fingerprint density at radius 2 is 0.667 bits per heavy atom. The van der Waals surface area contributed by atoms with Gasteiger partial charge in [0.2, 0.25) is 0 Å². The van der Waals surface area contributed by atoms with E-state index >= 15 is 0 Å². The predicted molar refractivity (Wildman–Crippen MR) is 399 cm³/mol. The number of hydrogen-bond donors (Lipinski definition) is 1. The third-order valence-electron chi connectivity index (χ3n) is 17.1. The molecule has 0 aliphatic rings.